The number of hydrogen-bond acceptors (Lipinski definition) is 5. The second-order valence-corrected chi connectivity index (χ2v) is 7.99. The van der Waals surface area contributed by atoms with Crippen LogP contribution in [0.25, 0.3) is 0 Å². The first-order valence-corrected chi connectivity index (χ1v) is 8.57. The molecule has 19 heavy (non-hydrogen) atoms. The fourth-order valence-electron chi connectivity index (χ4n) is 1.83. The fourth-order valence-corrected chi connectivity index (χ4v) is 5.49. The molecule has 0 saturated heterocycles. The molecule has 0 saturated carbocycles. The molecule has 6 heteroatoms. The van der Waals surface area contributed by atoms with Crippen LogP contribution in [0.3, 0.4) is 0 Å². The summed E-state index contributed by atoms with van der Waals surface area (Å²) in [5.74, 6) is 1.28. The third-order valence-corrected chi connectivity index (χ3v) is 5.66. The first kappa shape index (κ1) is 16.7. The van der Waals surface area contributed by atoms with Gasteiger partial charge in [-0.1, -0.05) is 0 Å². The summed E-state index contributed by atoms with van der Waals surface area (Å²) < 4.78 is 29.7. The molecule has 0 atom stereocenters. The predicted octanol–water partition coefficient (Wildman–Crippen LogP) is 4.69. The van der Waals surface area contributed by atoms with Gasteiger partial charge in [0, 0.05) is 0 Å². The molecular formula is C13H27O5P. The van der Waals surface area contributed by atoms with Crippen LogP contribution in [0.2, 0.25) is 0 Å². The van der Waals surface area contributed by atoms with Gasteiger partial charge in [0.2, 0.25) is 0 Å². The van der Waals surface area contributed by atoms with Crippen molar-refractivity contribution in [1.82, 2.24) is 0 Å². The van der Waals surface area contributed by atoms with Crippen LogP contribution in [-0.4, -0.2) is 18.3 Å². The number of allylic oxidation sites excluding steroid dienone is 2. The zero-order valence-electron chi connectivity index (χ0n) is 13.2. The molecule has 0 aromatic carbocycles. The molecule has 0 aliphatic carbocycles. The first-order valence-electron chi connectivity index (χ1n) is 6.74. The van der Waals surface area contributed by atoms with Crippen LogP contribution in [0.5, 0.6) is 0 Å². The van der Waals surface area contributed by atoms with E-state index in [-0.39, 0.29) is 18.3 Å². The summed E-state index contributed by atoms with van der Waals surface area (Å²) in [6.07, 6.45) is -0.434. The van der Waals surface area contributed by atoms with Crippen LogP contribution in [-0.2, 0) is 22.6 Å². The normalized spacial score (nSPS) is 23.4. The van der Waals surface area contributed by atoms with Crippen LogP contribution < -0.4 is 0 Å². The summed E-state index contributed by atoms with van der Waals surface area (Å²) in [7, 11) is -4.06. The van der Waals surface area contributed by atoms with Gasteiger partial charge in [-0.25, -0.2) is 0 Å². The van der Waals surface area contributed by atoms with Gasteiger partial charge in [-0.2, -0.15) is 0 Å². The molecule has 0 fully saturated rings. The van der Waals surface area contributed by atoms with E-state index < -0.39 is 7.74 Å². The Bertz CT molecular complexity index is 315. The van der Waals surface area contributed by atoms with Crippen molar-refractivity contribution < 1.29 is 22.6 Å². The van der Waals surface area contributed by atoms with E-state index in [4.69, 9.17) is 22.6 Å². The van der Waals surface area contributed by atoms with E-state index in [2.05, 4.69) is 0 Å². The minimum atomic E-state index is -4.06. The number of rotatable bonds is 6. The van der Waals surface area contributed by atoms with Gasteiger partial charge in [0.05, 0.1) is 0 Å². The molecule has 0 bridgehead atoms. The molecule has 1 aliphatic rings. The maximum absolute atomic E-state index is 5.95. The molecule has 0 spiro atoms. The molecule has 0 aromatic heterocycles. The second-order valence-electron chi connectivity index (χ2n) is 5.50. The van der Waals surface area contributed by atoms with E-state index >= 15 is 0 Å². The van der Waals surface area contributed by atoms with E-state index in [0.29, 0.717) is 11.5 Å². The van der Waals surface area contributed by atoms with Crippen molar-refractivity contribution in [2.24, 2.45) is 0 Å². The minimum absolute atomic E-state index is 0.145. The van der Waals surface area contributed by atoms with Gasteiger partial charge in [-0.15, -0.1) is 0 Å². The van der Waals surface area contributed by atoms with Gasteiger partial charge in [0.15, 0.2) is 0 Å². The molecule has 1 heterocycles. The zero-order chi connectivity index (χ0) is 14.9. The van der Waals surface area contributed by atoms with Crippen LogP contribution in [0.1, 0.15) is 55.4 Å². The standard InChI is InChI=1S/C13H27O5P/c1-9(2)14-19(15-10(3)4,16-11(5)6)17-12(7)13(8)18-19/h9-11H,1-8H3. The van der Waals surface area contributed by atoms with Crippen molar-refractivity contribution in [1.29, 1.82) is 0 Å². The first-order chi connectivity index (χ1) is 8.57. The Morgan fingerprint density at radius 3 is 1.16 bits per heavy atom. The average molecular weight is 294 g/mol. The predicted molar refractivity (Wildman–Crippen MR) is 76.1 cm³/mol. The van der Waals surface area contributed by atoms with Crippen molar-refractivity contribution in [2.45, 2.75) is 73.7 Å². The third kappa shape index (κ3) is 3.82. The molecular weight excluding hydrogens is 267 g/mol. The molecule has 0 radical (unpaired) electrons. The molecule has 114 valence electrons. The number of hydrogen-bond donors (Lipinski definition) is 0. The Kier molecular flexibility index (Phi) is 4.89. The molecule has 1 rings (SSSR count). The van der Waals surface area contributed by atoms with E-state index in [1.807, 2.05) is 55.4 Å². The van der Waals surface area contributed by atoms with Crippen molar-refractivity contribution in [3.8, 4) is 0 Å². The van der Waals surface area contributed by atoms with Crippen LogP contribution >= 0.6 is 7.74 Å². The van der Waals surface area contributed by atoms with Crippen LogP contribution in [0.4, 0.5) is 0 Å². The summed E-state index contributed by atoms with van der Waals surface area (Å²) in [5.41, 5.74) is 0. The van der Waals surface area contributed by atoms with Crippen LogP contribution in [0.15, 0.2) is 11.5 Å². The fraction of sp³-hybridized carbons (Fsp3) is 0.846. The van der Waals surface area contributed by atoms with Crippen molar-refractivity contribution >= 4 is 7.74 Å². The summed E-state index contributed by atoms with van der Waals surface area (Å²) in [6.45, 7) is 15.0. The molecule has 5 nitrogen and oxygen atoms in total. The van der Waals surface area contributed by atoms with E-state index in [1.54, 1.807) is 0 Å². The van der Waals surface area contributed by atoms with E-state index in [0.717, 1.165) is 0 Å². The summed E-state index contributed by atoms with van der Waals surface area (Å²) >= 11 is 0. The van der Waals surface area contributed by atoms with E-state index in [1.165, 1.54) is 0 Å². The maximum atomic E-state index is 5.95. The van der Waals surface area contributed by atoms with Gasteiger partial charge < -0.3 is 0 Å². The van der Waals surface area contributed by atoms with Gasteiger partial charge in [0.1, 0.15) is 0 Å². The SMILES string of the molecule is CC1=C(C)OP(OC(C)C)(OC(C)C)(OC(C)C)O1. The molecule has 1 aliphatic heterocycles. The Morgan fingerprint density at radius 1 is 0.684 bits per heavy atom. The quantitative estimate of drug-likeness (QED) is 0.665. The summed E-state index contributed by atoms with van der Waals surface area (Å²) in [4.78, 5) is 0. The van der Waals surface area contributed by atoms with Crippen molar-refractivity contribution in [3.05, 3.63) is 11.5 Å². The third-order valence-electron chi connectivity index (χ3n) is 2.22. The summed E-state index contributed by atoms with van der Waals surface area (Å²) in [6, 6.07) is 0. The monoisotopic (exact) mass is 294 g/mol. The Labute approximate surface area is 116 Å². The molecule has 0 aromatic rings. The van der Waals surface area contributed by atoms with Crippen molar-refractivity contribution in [3.63, 3.8) is 0 Å². The Balaban J connectivity index is 3.19. The molecule has 0 N–H and O–H groups in total. The van der Waals surface area contributed by atoms with Crippen molar-refractivity contribution in [2.75, 3.05) is 0 Å². The summed E-state index contributed by atoms with van der Waals surface area (Å²) in [5, 5.41) is 0. The van der Waals surface area contributed by atoms with Gasteiger partial charge >= 0.3 is 116 Å². The molecule has 0 amide bonds. The topological polar surface area (TPSA) is 46.2 Å². The Hall–Kier alpha value is -0.350. The van der Waals surface area contributed by atoms with Crippen LogP contribution in [0, 0.1) is 0 Å². The zero-order valence-corrected chi connectivity index (χ0v) is 14.1. The molecule has 0 unspecified atom stereocenters. The van der Waals surface area contributed by atoms with Gasteiger partial charge in [0.25, 0.3) is 0 Å². The second kappa shape index (κ2) is 5.57. The van der Waals surface area contributed by atoms with Gasteiger partial charge in [-0.05, 0) is 0 Å². The Morgan fingerprint density at radius 2 is 0.947 bits per heavy atom. The van der Waals surface area contributed by atoms with E-state index in [9.17, 15) is 0 Å². The van der Waals surface area contributed by atoms with Gasteiger partial charge in [-0.3, -0.25) is 0 Å². The average Bonchev–Trinajstić information content (AvgIpc) is 2.33.